The van der Waals surface area contributed by atoms with Crippen LogP contribution in [0.15, 0.2) is 29.2 Å². The van der Waals surface area contributed by atoms with E-state index in [2.05, 4.69) is 5.32 Å². The Bertz CT molecular complexity index is 579. The number of hydrogen-bond donors (Lipinski definition) is 1. The summed E-state index contributed by atoms with van der Waals surface area (Å²) >= 11 is 0. The highest BCUT2D eigenvalue weighted by Gasteiger charge is 2.17. The first-order valence-electron chi connectivity index (χ1n) is 7.53. The molecular weight excluding hydrogens is 302 g/mol. The van der Waals surface area contributed by atoms with Crippen LogP contribution in [0, 0.1) is 0 Å². The van der Waals surface area contributed by atoms with Crippen LogP contribution in [0.3, 0.4) is 0 Å². The summed E-state index contributed by atoms with van der Waals surface area (Å²) in [7, 11) is -3.46. The SMILES string of the molecule is CCC(C)NC(=O)CCS(=O)(=O)c1ccc(OC(C)C)cc1. The quantitative estimate of drug-likeness (QED) is 0.796. The molecular formula is C16H25NO4S. The third kappa shape index (κ3) is 6.05. The number of benzene rings is 1. The lowest BCUT2D eigenvalue weighted by molar-refractivity contribution is -0.121. The van der Waals surface area contributed by atoms with Gasteiger partial charge in [0.25, 0.3) is 0 Å². The normalized spacial score (nSPS) is 13.0. The molecule has 1 unspecified atom stereocenters. The molecule has 1 rings (SSSR count). The monoisotopic (exact) mass is 327 g/mol. The minimum absolute atomic E-state index is 0.0308. The van der Waals surface area contributed by atoms with Crippen molar-refractivity contribution in [3.8, 4) is 5.75 Å². The van der Waals surface area contributed by atoms with Gasteiger partial charge in [0.15, 0.2) is 9.84 Å². The predicted molar refractivity (Wildman–Crippen MR) is 86.8 cm³/mol. The Morgan fingerprint density at radius 2 is 1.77 bits per heavy atom. The fraction of sp³-hybridized carbons (Fsp3) is 0.562. The summed E-state index contributed by atoms with van der Waals surface area (Å²) in [6.45, 7) is 7.66. The molecule has 0 saturated heterocycles. The van der Waals surface area contributed by atoms with Crippen LogP contribution in [-0.4, -0.2) is 32.2 Å². The zero-order valence-corrected chi connectivity index (χ0v) is 14.4. The molecule has 0 fully saturated rings. The van der Waals surface area contributed by atoms with Gasteiger partial charge in [-0.3, -0.25) is 4.79 Å². The van der Waals surface area contributed by atoms with Crippen molar-refractivity contribution < 1.29 is 17.9 Å². The van der Waals surface area contributed by atoms with Crippen LogP contribution in [0.25, 0.3) is 0 Å². The highest BCUT2D eigenvalue weighted by Crippen LogP contribution is 2.18. The zero-order valence-electron chi connectivity index (χ0n) is 13.6. The van der Waals surface area contributed by atoms with Gasteiger partial charge in [-0.1, -0.05) is 6.92 Å². The van der Waals surface area contributed by atoms with Crippen LogP contribution in [0.5, 0.6) is 5.75 Å². The molecule has 1 aromatic carbocycles. The molecule has 6 heteroatoms. The first-order chi connectivity index (χ1) is 10.2. The topological polar surface area (TPSA) is 72.5 Å². The van der Waals surface area contributed by atoms with Gasteiger partial charge in [0, 0.05) is 12.5 Å². The maximum atomic E-state index is 12.2. The average Bonchev–Trinajstić information content (AvgIpc) is 2.45. The van der Waals surface area contributed by atoms with Crippen molar-refractivity contribution >= 4 is 15.7 Å². The van der Waals surface area contributed by atoms with Gasteiger partial charge in [-0.25, -0.2) is 8.42 Å². The number of ether oxygens (including phenoxy) is 1. The van der Waals surface area contributed by atoms with E-state index in [0.29, 0.717) is 5.75 Å². The van der Waals surface area contributed by atoms with Crippen LogP contribution < -0.4 is 10.1 Å². The van der Waals surface area contributed by atoms with Gasteiger partial charge in [0.1, 0.15) is 5.75 Å². The molecule has 0 aromatic heterocycles. The third-order valence-electron chi connectivity index (χ3n) is 3.17. The van der Waals surface area contributed by atoms with E-state index in [1.165, 1.54) is 12.1 Å². The Hall–Kier alpha value is -1.56. The lowest BCUT2D eigenvalue weighted by Crippen LogP contribution is -2.33. The van der Waals surface area contributed by atoms with E-state index in [0.717, 1.165) is 6.42 Å². The predicted octanol–water partition coefficient (Wildman–Crippen LogP) is 2.55. The number of amides is 1. The van der Waals surface area contributed by atoms with E-state index in [1.54, 1.807) is 12.1 Å². The Morgan fingerprint density at radius 1 is 1.18 bits per heavy atom. The Kier molecular flexibility index (Phi) is 6.87. The molecule has 1 amide bonds. The Balaban J connectivity index is 2.64. The van der Waals surface area contributed by atoms with Crippen molar-refractivity contribution in [2.24, 2.45) is 0 Å². The lowest BCUT2D eigenvalue weighted by Gasteiger charge is -2.12. The minimum Gasteiger partial charge on any atom is -0.491 e. The molecule has 0 aliphatic carbocycles. The highest BCUT2D eigenvalue weighted by atomic mass is 32.2. The van der Waals surface area contributed by atoms with Gasteiger partial charge in [0.2, 0.25) is 5.91 Å². The molecule has 0 spiro atoms. The van der Waals surface area contributed by atoms with E-state index in [-0.39, 0.29) is 35.1 Å². The molecule has 5 nitrogen and oxygen atoms in total. The van der Waals surface area contributed by atoms with E-state index in [9.17, 15) is 13.2 Å². The van der Waals surface area contributed by atoms with Gasteiger partial charge in [-0.15, -0.1) is 0 Å². The highest BCUT2D eigenvalue weighted by molar-refractivity contribution is 7.91. The van der Waals surface area contributed by atoms with Gasteiger partial charge in [-0.05, 0) is 51.5 Å². The van der Waals surface area contributed by atoms with Crippen LogP contribution in [-0.2, 0) is 14.6 Å². The fourth-order valence-electron chi connectivity index (χ4n) is 1.79. The van der Waals surface area contributed by atoms with Crippen LogP contribution in [0.2, 0.25) is 0 Å². The average molecular weight is 327 g/mol. The first-order valence-corrected chi connectivity index (χ1v) is 9.18. The lowest BCUT2D eigenvalue weighted by atomic mass is 10.2. The molecule has 0 radical (unpaired) electrons. The molecule has 0 aliphatic heterocycles. The van der Waals surface area contributed by atoms with Crippen molar-refractivity contribution in [1.82, 2.24) is 5.32 Å². The smallest absolute Gasteiger partial charge is 0.221 e. The van der Waals surface area contributed by atoms with Gasteiger partial charge < -0.3 is 10.1 Å². The fourth-order valence-corrected chi connectivity index (χ4v) is 3.03. The molecule has 1 N–H and O–H groups in total. The zero-order chi connectivity index (χ0) is 16.8. The van der Waals surface area contributed by atoms with Crippen molar-refractivity contribution in [2.75, 3.05) is 5.75 Å². The second kappa shape index (κ2) is 8.17. The maximum Gasteiger partial charge on any atom is 0.221 e. The number of sulfone groups is 1. The van der Waals surface area contributed by atoms with Gasteiger partial charge >= 0.3 is 0 Å². The molecule has 124 valence electrons. The third-order valence-corrected chi connectivity index (χ3v) is 4.90. The number of carbonyl (C=O) groups is 1. The number of carbonyl (C=O) groups excluding carboxylic acids is 1. The number of hydrogen-bond acceptors (Lipinski definition) is 4. The number of rotatable bonds is 8. The first kappa shape index (κ1) is 18.5. The number of nitrogens with one attached hydrogen (secondary N) is 1. The molecule has 0 saturated carbocycles. The molecule has 0 bridgehead atoms. The summed E-state index contributed by atoms with van der Waals surface area (Å²) in [4.78, 5) is 11.9. The van der Waals surface area contributed by atoms with Crippen molar-refractivity contribution in [1.29, 1.82) is 0 Å². The van der Waals surface area contributed by atoms with Gasteiger partial charge in [0.05, 0.1) is 16.8 Å². The van der Waals surface area contributed by atoms with E-state index < -0.39 is 9.84 Å². The summed E-state index contributed by atoms with van der Waals surface area (Å²) < 4.78 is 29.9. The second-order valence-corrected chi connectivity index (χ2v) is 7.69. The second-order valence-electron chi connectivity index (χ2n) is 5.58. The van der Waals surface area contributed by atoms with Crippen LogP contribution in [0.4, 0.5) is 0 Å². The van der Waals surface area contributed by atoms with E-state index in [1.807, 2.05) is 27.7 Å². The van der Waals surface area contributed by atoms with Gasteiger partial charge in [-0.2, -0.15) is 0 Å². The Labute approximate surface area is 133 Å². The molecule has 1 atom stereocenters. The molecule has 0 heterocycles. The molecule has 22 heavy (non-hydrogen) atoms. The van der Waals surface area contributed by atoms with Crippen molar-refractivity contribution in [3.05, 3.63) is 24.3 Å². The largest absolute Gasteiger partial charge is 0.491 e. The molecule has 0 aliphatic rings. The standard InChI is InChI=1S/C16H25NO4S/c1-5-13(4)17-16(18)10-11-22(19,20)15-8-6-14(7-9-15)21-12(2)3/h6-9,12-13H,5,10-11H2,1-4H3,(H,17,18). The summed E-state index contributed by atoms with van der Waals surface area (Å²) in [5.41, 5.74) is 0. The van der Waals surface area contributed by atoms with E-state index in [4.69, 9.17) is 4.74 Å². The summed E-state index contributed by atoms with van der Waals surface area (Å²) in [5.74, 6) is 0.195. The minimum atomic E-state index is -3.46. The van der Waals surface area contributed by atoms with Crippen molar-refractivity contribution in [3.63, 3.8) is 0 Å². The van der Waals surface area contributed by atoms with Crippen LogP contribution >= 0.6 is 0 Å². The maximum absolute atomic E-state index is 12.2. The van der Waals surface area contributed by atoms with Crippen LogP contribution in [0.1, 0.15) is 40.5 Å². The van der Waals surface area contributed by atoms with Crippen molar-refractivity contribution in [2.45, 2.75) is 57.6 Å². The molecule has 1 aromatic rings. The summed E-state index contributed by atoms with van der Waals surface area (Å²) in [6, 6.07) is 6.35. The summed E-state index contributed by atoms with van der Waals surface area (Å²) in [6.07, 6.45) is 0.818. The summed E-state index contributed by atoms with van der Waals surface area (Å²) in [5, 5.41) is 2.76. The van der Waals surface area contributed by atoms with E-state index >= 15 is 0 Å². The Morgan fingerprint density at radius 3 is 2.27 bits per heavy atom.